The molecule has 1 nitrogen and oxygen atoms in total. The summed E-state index contributed by atoms with van der Waals surface area (Å²) >= 11 is 0. The van der Waals surface area contributed by atoms with Crippen LogP contribution in [0.5, 0.6) is 0 Å². The van der Waals surface area contributed by atoms with Gasteiger partial charge in [-0.1, -0.05) is 116 Å². The van der Waals surface area contributed by atoms with Gasteiger partial charge in [-0.3, -0.25) is 0 Å². The van der Waals surface area contributed by atoms with Crippen LogP contribution in [0.3, 0.4) is 0 Å². The first-order valence-electron chi connectivity index (χ1n) is 10.5. The van der Waals surface area contributed by atoms with Gasteiger partial charge in [-0.05, 0) is 12.6 Å². The van der Waals surface area contributed by atoms with Crippen molar-refractivity contribution >= 4 is 9.04 Å². The van der Waals surface area contributed by atoms with Crippen molar-refractivity contribution in [2.24, 2.45) is 0 Å². The summed E-state index contributed by atoms with van der Waals surface area (Å²) in [6, 6.07) is 1.12. The molecule has 0 fully saturated rings. The molecule has 0 saturated heterocycles. The summed E-state index contributed by atoms with van der Waals surface area (Å²) in [5.74, 6) is 0. The van der Waals surface area contributed by atoms with Crippen molar-refractivity contribution in [3.05, 3.63) is 0 Å². The van der Waals surface area contributed by atoms with E-state index in [0.717, 1.165) is 6.04 Å². The van der Waals surface area contributed by atoms with Crippen molar-refractivity contribution in [1.29, 1.82) is 0 Å². The Morgan fingerprint density at radius 3 is 1.05 bits per heavy atom. The van der Waals surface area contributed by atoms with Gasteiger partial charge in [0.25, 0.3) is 0 Å². The molecule has 1 N–H and O–H groups in total. The normalized spacial score (nSPS) is 12.7. The Kier molecular flexibility index (Phi) is 19.4. The van der Waals surface area contributed by atoms with E-state index in [9.17, 15) is 4.80 Å². The van der Waals surface area contributed by atoms with Gasteiger partial charge in [-0.25, -0.2) is 0 Å². The Bertz CT molecular complexity index is 194. The van der Waals surface area contributed by atoms with Crippen molar-refractivity contribution in [2.45, 2.75) is 129 Å². The predicted octanol–water partition coefficient (Wildman–Crippen LogP) is 6.98. The smallest absolute Gasteiger partial charge is 0.169 e. The highest BCUT2D eigenvalue weighted by Crippen LogP contribution is 2.14. The summed E-state index contributed by atoms with van der Waals surface area (Å²) < 4.78 is 0. The first kappa shape index (κ1) is 22.2. The highest BCUT2D eigenvalue weighted by Gasteiger charge is 1.98. The molecule has 0 aromatic heterocycles. The van der Waals surface area contributed by atoms with E-state index in [1.165, 1.54) is 109 Å². The third-order valence-corrected chi connectivity index (χ3v) is 5.97. The molecule has 134 valence electrons. The maximum absolute atomic E-state index is 9.32. The lowest BCUT2D eigenvalue weighted by atomic mass is 10.0. The Morgan fingerprint density at radius 2 is 0.773 bits per heavy atom. The van der Waals surface area contributed by atoms with Crippen LogP contribution in [-0.2, 0) is 0 Å². The molecule has 22 heavy (non-hydrogen) atoms. The van der Waals surface area contributed by atoms with Crippen LogP contribution in [0, 0.1) is 0 Å². The van der Waals surface area contributed by atoms with Gasteiger partial charge in [0.05, 0.1) is 0 Å². The van der Waals surface area contributed by atoms with Crippen molar-refractivity contribution in [3.8, 4) is 0 Å². The Balaban J connectivity index is 2.94. The number of rotatable bonds is 18. The molecule has 0 heterocycles. The lowest BCUT2D eigenvalue weighted by molar-refractivity contribution is 0.526. The molecule has 0 rings (SSSR count). The average Bonchev–Trinajstić information content (AvgIpc) is 2.50. The summed E-state index contributed by atoms with van der Waals surface area (Å²) in [4.78, 5) is 9.32. The van der Waals surface area contributed by atoms with Crippen LogP contribution in [0.2, 0.25) is 12.6 Å². The fraction of sp³-hybridized carbons (Fsp3) is 1.00. The number of unbranched alkanes of at least 4 members (excludes halogenated alkanes) is 16. The van der Waals surface area contributed by atoms with Gasteiger partial charge in [-0.15, -0.1) is 0 Å². The van der Waals surface area contributed by atoms with Gasteiger partial charge in [0.15, 0.2) is 9.04 Å². The van der Waals surface area contributed by atoms with Crippen LogP contribution in [-0.4, -0.2) is 13.8 Å². The van der Waals surface area contributed by atoms with Gasteiger partial charge < -0.3 is 4.80 Å². The third-order valence-electron chi connectivity index (χ3n) is 4.73. The predicted molar refractivity (Wildman–Crippen MR) is 104 cm³/mol. The molecule has 0 amide bonds. The zero-order valence-corrected chi connectivity index (χ0v) is 16.9. The van der Waals surface area contributed by atoms with Gasteiger partial charge in [-0.2, -0.15) is 0 Å². The molecular formula is C20H44OSi. The molecule has 1 unspecified atom stereocenters. The molecule has 0 aliphatic carbocycles. The molecule has 1 atom stereocenters. The lowest BCUT2D eigenvalue weighted by Crippen LogP contribution is -2.03. The zero-order valence-electron chi connectivity index (χ0n) is 15.8. The molecule has 2 heteroatoms. The Hall–Kier alpha value is 0.177. The Labute approximate surface area is 143 Å². The number of hydrogen-bond acceptors (Lipinski definition) is 1. The topological polar surface area (TPSA) is 20.2 Å². The summed E-state index contributed by atoms with van der Waals surface area (Å²) in [6.45, 7) is 4.33. The summed E-state index contributed by atoms with van der Waals surface area (Å²) in [5, 5.41) is 0. The fourth-order valence-corrected chi connectivity index (χ4v) is 4.04. The van der Waals surface area contributed by atoms with Crippen LogP contribution < -0.4 is 0 Å². The molecule has 0 radical (unpaired) electrons. The molecule has 0 aliphatic heterocycles. The van der Waals surface area contributed by atoms with Gasteiger partial charge in [0.2, 0.25) is 0 Å². The minimum atomic E-state index is -1.27. The SMILES string of the molecule is CCCCCCCCCCCCCCCCCCC[SiH](C)O. The van der Waals surface area contributed by atoms with E-state index >= 15 is 0 Å². The summed E-state index contributed by atoms with van der Waals surface area (Å²) in [6.07, 6.45) is 24.3. The van der Waals surface area contributed by atoms with E-state index in [0.29, 0.717) is 0 Å². The minimum absolute atomic E-state index is 1.12. The van der Waals surface area contributed by atoms with Crippen LogP contribution >= 0.6 is 0 Å². The molecule has 0 saturated carbocycles. The van der Waals surface area contributed by atoms with Crippen LogP contribution in [0.15, 0.2) is 0 Å². The second kappa shape index (κ2) is 19.2. The van der Waals surface area contributed by atoms with Gasteiger partial charge in [0, 0.05) is 0 Å². The fourth-order valence-electron chi connectivity index (χ4n) is 3.16. The van der Waals surface area contributed by atoms with Crippen LogP contribution in [0.4, 0.5) is 0 Å². The van der Waals surface area contributed by atoms with E-state index in [2.05, 4.69) is 6.92 Å². The molecule has 0 aromatic carbocycles. The standard InChI is InChI=1S/C20H44OSi/c1-3-4-5-6-7-8-9-10-11-12-13-14-15-16-17-18-19-20-22(2)21/h21-22H,3-20H2,1-2H3. The molecular weight excluding hydrogens is 284 g/mol. The van der Waals surface area contributed by atoms with Crippen molar-refractivity contribution < 1.29 is 4.80 Å². The first-order chi connectivity index (χ1) is 10.8. The maximum Gasteiger partial charge on any atom is 0.169 e. The molecule has 0 bridgehead atoms. The monoisotopic (exact) mass is 328 g/mol. The molecule has 0 aromatic rings. The highest BCUT2D eigenvalue weighted by molar-refractivity contribution is 6.48. The lowest BCUT2D eigenvalue weighted by Gasteiger charge is -2.04. The Morgan fingerprint density at radius 1 is 0.500 bits per heavy atom. The van der Waals surface area contributed by atoms with Crippen molar-refractivity contribution in [1.82, 2.24) is 0 Å². The average molecular weight is 329 g/mol. The molecule has 0 aliphatic rings. The van der Waals surface area contributed by atoms with E-state index in [1.54, 1.807) is 0 Å². The second-order valence-corrected chi connectivity index (χ2v) is 9.57. The van der Waals surface area contributed by atoms with E-state index in [4.69, 9.17) is 0 Å². The quantitative estimate of drug-likeness (QED) is 0.212. The largest absolute Gasteiger partial charge is 0.435 e. The summed E-state index contributed by atoms with van der Waals surface area (Å²) in [5.41, 5.74) is 0. The van der Waals surface area contributed by atoms with Crippen molar-refractivity contribution in [3.63, 3.8) is 0 Å². The highest BCUT2D eigenvalue weighted by atomic mass is 28.3. The van der Waals surface area contributed by atoms with E-state index in [-0.39, 0.29) is 0 Å². The van der Waals surface area contributed by atoms with Crippen molar-refractivity contribution in [2.75, 3.05) is 0 Å². The van der Waals surface area contributed by atoms with E-state index < -0.39 is 9.04 Å². The van der Waals surface area contributed by atoms with Crippen LogP contribution in [0.25, 0.3) is 0 Å². The van der Waals surface area contributed by atoms with Gasteiger partial charge in [0.1, 0.15) is 0 Å². The minimum Gasteiger partial charge on any atom is -0.435 e. The third kappa shape index (κ3) is 20.2. The number of hydrogen-bond donors (Lipinski definition) is 1. The van der Waals surface area contributed by atoms with Gasteiger partial charge >= 0.3 is 0 Å². The zero-order chi connectivity index (χ0) is 16.3. The summed E-state index contributed by atoms with van der Waals surface area (Å²) in [7, 11) is -1.27. The maximum atomic E-state index is 9.32. The second-order valence-electron chi connectivity index (χ2n) is 7.29. The van der Waals surface area contributed by atoms with Crippen LogP contribution in [0.1, 0.15) is 116 Å². The van der Waals surface area contributed by atoms with E-state index in [1.807, 2.05) is 6.55 Å². The molecule has 0 spiro atoms. The first-order valence-corrected chi connectivity index (χ1v) is 12.9.